The third-order valence-corrected chi connectivity index (χ3v) is 5.01. The normalized spacial score (nSPS) is 12.0. The monoisotopic (exact) mass is 403 g/mol. The Balaban J connectivity index is 1.91. The van der Waals surface area contributed by atoms with Gasteiger partial charge in [-0.2, -0.15) is 0 Å². The second-order valence-corrected chi connectivity index (χ2v) is 6.96. The number of methoxy groups -OCH3 is 1. The molecule has 4 rings (SSSR count). The van der Waals surface area contributed by atoms with E-state index in [4.69, 9.17) is 4.74 Å². The number of benzene rings is 2. The number of pyridine rings is 1. The number of aromatic nitrogens is 3. The second-order valence-electron chi connectivity index (χ2n) is 6.96. The SMILES string of the molecule is COc1ccccc1C(Nc1cc(C)nc2c([N+](=O)[O-])cccc12)c1nccn1C. The Morgan fingerprint density at radius 2 is 2.00 bits per heavy atom. The number of ether oxygens (including phenoxy) is 1. The van der Waals surface area contributed by atoms with E-state index in [1.807, 2.05) is 61.1 Å². The Morgan fingerprint density at radius 3 is 2.70 bits per heavy atom. The molecule has 30 heavy (non-hydrogen) atoms. The number of nitro benzene ring substituents is 1. The van der Waals surface area contributed by atoms with Crippen molar-refractivity contribution in [1.29, 1.82) is 0 Å². The highest BCUT2D eigenvalue weighted by atomic mass is 16.6. The molecular weight excluding hydrogens is 382 g/mol. The number of non-ortho nitro benzene ring substituents is 1. The summed E-state index contributed by atoms with van der Waals surface area (Å²) in [5, 5.41) is 15.7. The molecule has 8 nitrogen and oxygen atoms in total. The first-order valence-corrected chi connectivity index (χ1v) is 9.41. The average molecular weight is 403 g/mol. The lowest BCUT2D eigenvalue weighted by Gasteiger charge is -2.23. The van der Waals surface area contributed by atoms with Crippen molar-refractivity contribution in [2.45, 2.75) is 13.0 Å². The summed E-state index contributed by atoms with van der Waals surface area (Å²) in [5.74, 6) is 1.51. The first-order valence-electron chi connectivity index (χ1n) is 9.41. The van der Waals surface area contributed by atoms with Crippen molar-refractivity contribution in [1.82, 2.24) is 14.5 Å². The highest BCUT2D eigenvalue weighted by Crippen LogP contribution is 2.36. The van der Waals surface area contributed by atoms with Gasteiger partial charge in [0.15, 0.2) is 5.52 Å². The number of nitrogens with zero attached hydrogens (tertiary/aromatic N) is 4. The van der Waals surface area contributed by atoms with Crippen molar-refractivity contribution in [2.75, 3.05) is 12.4 Å². The minimum Gasteiger partial charge on any atom is -0.496 e. The smallest absolute Gasteiger partial charge is 0.295 e. The minimum absolute atomic E-state index is 0.0231. The zero-order valence-electron chi connectivity index (χ0n) is 16.9. The second kappa shape index (κ2) is 7.82. The van der Waals surface area contributed by atoms with Crippen molar-refractivity contribution < 1.29 is 9.66 Å². The van der Waals surface area contributed by atoms with Crippen LogP contribution in [0.4, 0.5) is 11.4 Å². The van der Waals surface area contributed by atoms with Gasteiger partial charge in [0.05, 0.1) is 12.0 Å². The zero-order valence-corrected chi connectivity index (χ0v) is 16.9. The van der Waals surface area contributed by atoms with Crippen LogP contribution in [0, 0.1) is 17.0 Å². The Morgan fingerprint density at radius 1 is 1.20 bits per heavy atom. The van der Waals surface area contributed by atoms with E-state index in [0.717, 1.165) is 22.8 Å². The van der Waals surface area contributed by atoms with Gasteiger partial charge in [-0.1, -0.05) is 30.3 Å². The lowest BCUT2D eigenvalue weighted by atomic mass is 10.0. The molecule has 2 aromatic heterocycles. The number of rotatable bonds is 6. The molecule has 0 aliphatic carbocycles. The van der Waals surface area contributed by atoms with Gasteiger partial charge in [0, 0.05) is 47.8 Å². The van der Waals surface area contributed by atoms with E-state index in [1.165, 1.54) is 6.07 Å². The molecule has 0 aliphatic heterocycles. The Bertz CT molecular complexity index is 1230. The van der Waals surface area contributed by atoms with Gasteiger partial charge in [0.25, 0.3) is 5.69 Å². The third kappa shape index (κ3) is 3.43. The fraction of sp³-hybridized carbons (Fsp3) is 0.182. The van der Waals surface area contributed by atoms with Crippen LogP contribution < -0.4 is 10.1 Å². The summed E-state index contributed by atoms with van der Waals surface area (Å²) < 4.78 is 7.52. The molecule has 0 saturated heterocycles. The average Bonchev–Trinajstić information content (AvgIpc) is 3.16. The molecule has 0 aliphatic rings. The molecule has 1 unspecified atom stereocenters. The first kappa shape index (κ1) is 19.4. The maximum Gasteiger partial charge on any atom is 0.295 e. The number of anilines is 1. The molecule has 1 atom stereocenters. The highest BCUT2D eigenvalue weighted by Gasteiger charge is 2.24. The molecule has 0 spiro atoms. The molecule has 0 bridgehead atoms. The largest absolute Gasteiger partial charge is 0.496 e. The lowest BCUT2D eigenvalue weighted by molar-refractivity contribution is -0.383. The van der Waals surface area contributed by atoms with Crippen LogP contribution in [0.5, 0.6) is 5.75 Å². The van der Waals surface area contributed by atoms with Crippen molar-refractivity contribution in [3.05, 3.63) is 88.1 Å². The molecular formula is C22H21N5O3. The number of hydrogen-bond acceptors (Lipinski definition) is 6. The van der Waals surface area contributed by atoms with Gasteiger partial charge in [0.1, 0.15) is 17.6 Å². The number of para-hydroxylation sites is 2. The molecule has 4 aromatic rings. The number of nitro groups is 1. The van der Waals surface area contributed by atoms with Gasteiger partial charge >= 0.3 is 0 Å². The van der Waals surface area contributed by atoms with Gasteiger partial charge in [-0.25, -0.2) is 9.97 Å². The first-order chi connectivity index (χ1) is 14.5. The molecule has 0 amide bonds. The number of aryl methyl sites for hydroxylation is 2. The van der Waals surface area contributed by atoms with Crippen LogP contribution in [0.1, 0.15) is 23.1 Å². The molecule has 8 heteroatoms. The van der Waals surface area contributed by atoms with E-state index < -0.39 is 4.92 Å². The predicted octanol–water partition coefficient (Wildman–Crippen LogP) is 4.40. The van der Waals surface area contributed by atoms with Gasteiger partial charge in [-0.3, -0.25) is 10.1 Å². The summed E-state index contributed by atoms with van der Waals surface area (Å²) in [6, 6.07) is 14.2. The number of nitrogens with one attached hydrogen (secondary N) is 1. The third-order valence-electron chi connectivity index (χ3n) is 5.01. The van der Waals surface area contributed by atoms with Gasteiger partial charge in [-0.15, -0.1) is 0 Å². The van der Waals surface area contributed by atoms with Gasteiger partial charge in [0.2, 0.25) is 0 Å². The molecule has 2 aromatic carbocycles. The van der Waals surface area contributed by atoms with Crippen LogP contribution in [0.25, 0.3) is 10.9 Å². The summed E-state index contributed by atoms with van der Waals surface area (Å²) in [6.45, 7) is 1.82. The topological polar surface area (TPSA) is 95.1 Å². The van der Waals surface area contributed by atoms with E-state index in [2.05, 4.69) is 15.3 Å². The highest BCUT2D eigenvalue weighted by molar-refractivity contribution is 5.97. The van der Waals surface area contributed by atoms with Crippen molar-refractivity contribution in [3.8, 4) is 5.75 Å². The Kier molecular flexibility index (Phi) is 5.05. The molecule has 0 radical (unpaired) electrons. The summed E-state index contributed by atoms with van der Waals surface area (Å²) in [5.41, 5.74) is 2.65. The van der Waals surface area contributed by atoms with E-state index in [-0.39, 0.29) is 11.7 Å². The minimum atomic E-state index is -0.408. The van der Waals surface area contributed by atoms with E-state index in [1.54, 1.807) is 19.4 Å². The van der Waals surface area contributed by atoms with Crippen LogP contribution in [0.3, 0.4) is 0 Å². The van der Waals surface area contributed by atoms with Crippen molar-refractivity contribution >= 4 is 22.3 Å². The number of fused-ring (bicyclic) bond motifs is 1. The van der Waals surface area contributed by atoms with Crippen LogP contribution in [0.2, 0.25) is 0 Å². The van der Waals surface area contributed by atoms with Gasteiger partial charge < -0.3 is 14.6 Å². The number of imidazole rings is 1. The van der Waals surface area contributed by atoms with Crippen molar-refractivity contribution in [3.63, 3.8) is 0 Å². The quantitative estimate of drug-likeness (QED) is 0.379. The fourth-order valence-corrected chi connectivity index (χ4v) is 3.63. The zero-order chi connectivity index (χ0) is 21.3. The lowest BCUT2D eigenvalue weighted by Crippen LogP contribution is -2.18. The molecule has 2 heterocycles. The van der Waals surface area contributed by atoms with Crippen LogP contribution in [-0.2, 0) is 7.05 Å². The van der Waals surface area contributed by atoms with Crippen LogP contribution in [-0.4, -0.2) is 26.6 Å². The summed E-state index contributed by atoms with van der Waals surface area (Å²) in [4.78, 5) is 20.1. The molecule has 0 fully saturated rings. The Hall–Kier alpha value is -3.94. The van der Waals surface area contributed by atoms with E-state index in [9.17, 15) is 10.1 Å². The summed E-state index contributed by atoms with van der Waals surface area (Å²) in [6.07, 6.45) is 3.61. The Labute approximate surface area is 173 Å². The summed E-state index contributed by atoms with van der Waals surface area (Å²) in [7, 11) is 3.55. The maximum atomic E-state index is 11.5. The standard InChI is InChI=1S/C22H21N5O3/c1-14-13-17(15-8-6-9-18(27(28)29)20(15)24-14)25-21(22-23-11-12-26(22)2)16-7-4-5-10-19(16)30-3/h4-13,21H,1-3H3,(H,24,25). The van der Waals surface area contributed by atoms with Gasteiger partial charge in [-0.05, 0) is 19.1 Å². The van der Waals surface area contributed by atoms with E-state index in [0.29, 0.717) is 16.6 Å². The van der Waals surface area contributed by atoms with Crippen LogP contribution in [0.15, 0.2) is 60.9 Å². The molecule has 152 valence electrons. The van der Waals surface area contributed by atoms with E-state index >= 15 is 0 Å². The van der Waals surface area contributed by atoms with Crippen molar-refractivity contribution in [2.24, 2.45) is 7.05 Å². The summed E-state index contributed by atoms with van der Waals surface area (Å²) >= 11 is 0. The van der Waals surface area contributed by atoms with Crippen LogP contribution >= 0.6 is 0 Å². The number of hydrogen-bond donors (Lipinski definition) is 1. The predicted molar refractivity (Wildman–Crippen MR) is 115 cm³/mol. The molecule has 1 N–H and O–H groups in total. The molecule has 0 saturated carbocycles. The maximum absolute atomic E-state index is 11.5. The fourth-order valence-electron chi connectivity index (χ4n) is 3.63.